The number of nitrogens with zero attached hydrogens (tertiary/aromatic N) is 4. The molecule has 4 rings (SSSR count). The SMILES string of the molecule is COc1c(C)cnc(Cn2cc(C3CCOCC3)c(=O)c3c(Cl)nc(N)nc32)c1C. The second-order valence-electron chi connectivity index (χ2n) is 7.55. The average molecular weight is 430 g/mol. The summed E-state index contributed by atoms with van der Waals surface area (Å²) in [7, 11) is 1.64. The molecular formula is C21H24ClN5O3. The number of nitrogen functional groups attached to an aromatic ring is 1. The molecule has 0 radical (unpaired) electrons. The van der Waals surface area contributed by atoms with Gasteiger partial charge in [-0.2, -0.15) is 4.98 Å². The van der Waals surface area contributed by atoms with Crippen LogP contribution in [0.1, 0.15) is 41.1 Å². The molecular weight excluding hydrogens is 406 g/mol. The number of aryl methyl sites for hydroxylation is 1. The van der Waals surface area contributed by atoms with Crippen LogP contribution in [0.3, 0.4) is 0 Å². The van der Waals surface area contributed by atoms with E-state index in [1.54, 1.807) is 13.3 Å². The Morgan fingerprint density at radius 1 is 1.30 bits per heavy atom. The van der Waals surface area contributed by atoms with Crippen molar-refractivity contribution in [2.75, 3.05) is 26.1 Å². The summed E-state index contributed by atoms with van der Waals surface area (Å²) >= 11 is 6.35. The van der Waals surface area contributed by atoms with Crippen molar-refractivity contribution in [3.8, 4) is 5.75 Å². The van der Waals surface area contributed by atoms with Crippen LogP contribution in [0.4, 0.5) is 5.95 Å². The Kier molecular flexibility index (Phi) is 5.62. The second-order valence-corrected chi connectivity index (χ2v) is 7.90. The summed E-state index contributed by atoms with van der Waals surface area (Å²) in [6.07, 6.45) is 5.20. The average Bonchev–Trinajstić information content (AvgIpc) is 2.72. The Labute approximate surface area is 179 Å². The predicted octanol–water partition coefficient (Wildman–Crippen LogP) is 2.99. The monoisotopic (exact) mass is 429 g/mol. The first-order chi connectivity index (χ1) is 14.4. The number of nitrogens with two attached hydrogens (primary N) is 1. The quantitative estimate of drug-likeness (QED) is 0.635. The molecule has 3 aromatic rings. The molecule has 0 spiro atoms. The molecule has 8 nitrogen and oxygen atoms in total. The minimum Gasteiger partial charge on any atom is -0.496 e. The van der Waals surface area contributed by atoms with Gasteiger partial charge in [-0.3, -0.25) is 9.78 Å². The maximum absolute atomic E-state index is 13.3. The lowest BCUT2D eigenvalue weighted by Crippen LogP contribution is -2.24. The van der Waals surface area contributed by atoms with Gasteiger partial charge in [0.1, 0.15) is 16.3 Å². The number of anilines is 1. The van der Waals surface area contributed by atoms with E-state index in [9.17, 15) is 4.79 Å². The third kappa shape index (κ3) is 3.61. The smallest absolute Gasteiger partial charge is 0.223 e. The number of methoxy groups -OCH3 is 1. The van der Waals surface area contributed by atoms with Crippen molar-refractivity contribution in [1.29, 1.82) is 0 Å². The van der Waals surface area contributed by atoms with Gasteiger partial charge < -0.3 is 19.8 Å². The molecule has 9 heteroatoms. The van der Waals surface area contributed by atoms with Crippen molar-refractivity contribution in [1.82, 2.24) is 19.5 Å². The zero-order valence-electron chi connectivity index (χ0n) is 17.2. The molecule has 1 saturated heterocycles. The van der Waals surface area contributed by atoms with Crippen LogP contribution in [0.5, 0.6) is 5.75 Å². The van der Waals surface area contributed by atoms with Crippen LogP contribution in [0.2, 0.25) is 5.15 Å². The molecule has 2 N–H and O–H groups in total. The van der Waals surface area contributed by atoms with E-state index >= 15 is 0 Å². The highest BCUT2D eigenvalue weighted by Crippen LogP contribution is 2.29. The molecule has 158 valence electrons. The number of hydrogen-bond acceptors (Lipinski definition) is 7. The van der Waals surface area contributed by atoms with Crippen molar-refractivity contribution in [2.24, 2.45) is 0 Å². The summed E-state index contributed by atoms with van der Waals surface area (Å²) in [6.45, 7) is 5.57. The molecule has 0 bridgehead atoms. The molecule has 0 aliphatic carbocycles. The lowest BCUT2D eigenvalue weighted by atomic mass is 9.92. The first-order valence-corrected chi connectivity index (χ1v) is 10.2. The molecule has 0 unspecified atom stereocenters. The van der Waals surface area contributed by atoms with E-state index in [1.807, 2.05) is 24.6 Å². The summed E-state index contributed by atoms with van der Waals surface area (Å²) in [5.74, 6) is 0.907. The first-order valence-electron chi connectivity index (χ1n) is 9.83. The van der Waals surface area contributed by atoms with E-state index in [4.69, 9.17) is 26.8 Å². The molecule has 0 amide bonds. The van der Waals surface area contributed by atoms with E-state index in [1.165, 1.54) is 0 Å². The summed E-state index contributed by atoms with van der Waals surface area (Å²) in [5.41, 5.74) is 9.49. The normalized spacial score (nSPS) is 14.9. The van der Waals surface area contributed by atoms with Gasteiger partial charge >= 0.3 is 0 Å². The van der Waals surface area contributed by atoms with E-state index < -0.39 is 0 Å². The Morgan fingerprint density at radius 2 is 2.03 bits per heavy atom. The fourth-order valence-corrected chi connectivity index (χ4v) is 4.34. The number of halogens is 1. The second kappa shape index (κ2) is 8.20. The third-order valence-electron chi connectivity index (χ3n) is 5.65. The van der Waals surface area contributed by atoms with Gasteiger partial charge in [0.15, 0.2) is 11.1 Å². The van der Waals surface area contributed by atoms with Gasteiger partial charge in [0, 0.05) is 42.3 Å². The molecule has 3 aromatic heterocycles. The summed E-state index contributed by atoms with van der Waals surface area (Å²) in [4.78, 5) is 26.2. The molecule has 1 aliphatic rings. The largest absolute Gasteiger partial charge is 0.496 e. The molecule has 1 fully saturated rings. The molecule has 0 saturated carbocycles. The van der Waals surface area contributed by atoms with Crippen LogP contribution < -0.4 is 15.9 Å². The van der Waals surface area contributed by atoms with Crippen LogP contribution in [-0.2, 0) is 11.3 Å². The standard InChI is InChI=1S/C21H24ClN5O3/c1-11-8-24-15(12(2)18(11)29-3)10-27-9-14(13-4-6-30-7-5-13)17(28)16-19(22)25-21(23)26-20(16)27/h8-9,13H,4-7,10H2,1-3H3,(H2,23,25,26). The summed E-state index contributed by atoms with van der Waals surface area (Å²) in [5, 5.41) is 0.350. The topological polar surface area (TPSA) is 105 Å². The zero-order valence-corrected chi connectivity index (χ0v) is 18.0. The zero-order chi connectivity index (χ0) is 21.4. The first kappa shape index (κ1) is 20.6. The van der Waals surface area contributed by atoms with E-state index in [0.717, 1.165) is 35.4 Å². The molecule has 4 heterocycles. The number of rotatable bonds is 4. The fraction of sp³-hybridized carbons (Fsp3) is 0.429. The van der Waals surface area contributed by atoms with E-state index in [-0.39, 0.29) is 27.8 Å². The van der Waals surface area contributed by atoms with Gasteiger partial charge in [-0.25, -0.2) is 4.98 Å². The fourth-order valence-electron chi connectivity index (χ4n) is 4.08. The van der Waals surface area contributed by atoms with Crippen molar-refractivity contribution in [2.45, 2.75) is 39.2 Å². The predicted molar refractivity (Wildman–Crippen MR) is 115 cm³/mol. The number of fused-ring (bicyclic) bond motifs is 1. The summed E-state index contributed by atoms with van der Waals surface area (Å²) in [6, 6.07) is 0. The Morgan fingerprint density at radius 3 is 2.73 bits per heavy atom. The van der Waals surface area contributed by atoms with Crippen LogP contribution in [0, 0.1) is 13.8 Å². The molecule has 30 heavy (non-hydrogen) atoms. The summed E-state index contributed by atoms with van der Waals surface area (Å²) < 4.78 is 12.9. The van der Waals surface area contributed by atoms with Crippen LogP contribution in [0.25, 0.3) is 11.0 Å². The number of pyridine rings is 2. The highest BCUT2D eigenvalue weighted by molar-refractivity contribution is 6.34. The number of aromatic nitrogens is 4. The van der Waals surface area contributed by atoms with Crippen molar-refractivity contribution in [3.05, 3.63) is 50.2 Å². The van der Waals surface area contributed by atoms with E-state index in [2.05, 4.69) is 15.0 Å². The van der Waals surface area contributed by atoms with Gasteiger partial charge in [0.2, 0.25) is 5.95 Å². The van der Waals surface area contributed by atoms with Crippen LogP contribution >= 0.6 is 11.6 Å². The van der Waals surface area contributed by atoms with Crippen LogP contribution in [-0.4, -0.2) is 39.8 Å². The number of ether oxygens (including phenoxy) is 2. The lowest BCUT2D eigenvalue weighted by Gasteiger charge is -2.23. The Bertz CT molecular complexity index is 1170. The maximum Gasteiger partial charge on any atom is 0.223 e. The Balaban J connectivity index is 1.92. The lowest BCUT2D eigenvalue weighted by molar-refractivity contribution is 0.0850. The van der Waals surface area contributed by atoms with Crippen molar-refractivity contribution < 1.29 is 9.47 Å². The van der Waals surface area contributed by atoms with Gasteiger partial charge in [-0.15, -0.1) is 0 Å². The van der Waals surface area contributed by atoms with Gasteiger partial charge in [0.05, 0.1) is 19.3 Å². The van der Waals surface area contributed by atoms with Gasteiger partial charge in [-0.1, -0.05) is 11.6 Å². The van der Waals surface area contributed by atoms with Gasteiger partial charge in [0.25, 0.3) is 0 Å². The molecule has 1 aliphatic heterocycles. The van der Waals surface area contributed by atoms with Crippen molar-refractivity contribution in [3.63, 3.8) is 0 Å². The highest BCUT2D eigenvalue weighted by Gasteiger charge is 2.24. The number of hydrogen-bond donors (Lipinski definition) is 1. The maximum atomic E-state index is 13.3. The molecule has 0 atom stereocenters. The molecule has 0 aromatic carbocycles. The minimum atomic E-state index is -0.149. The van der Waals surface area contributed by atoms with Crippen LogP contribution in [0.15, 0.2) is 17.2 Å². The van der Waals surface area contributed by atoms with Crippen molar-refractivity contribution >= 4 is 28.6 Å². The highest BCUT2D eigenvalue weighted by atomic mass is 35.5. The Hall–Kier alpha value is -2.71. The minimum absolute atomic E-state index is 0.0191. The van der Waals surface area contributed by atoms with E-state index in [0.29, 0.717) is 31.0 Å². The third-order valence-corrected chi connectivity index (χ3v) is 5.92. The van der Waals surface area contributed by atoms with Gasteiger partial charge in [-0.05, 0) is 32.6 Å².